The van der Waals surface area contributed by atoms with Gasteiger partial charge in [0.05, 0.1) is 20.8 Å². The minimum Gasteiger partial charge on any atom is -0.493 e. The quantitative estimate of drug-likeness (QED) is 0.602. The lowest BCUT2D eigenvalue weighted by molar-refractivity contribution is -0.134. The Kier molecular flexibility index (Phi) is 5.80. The zero-order valence-electron chi connectivity index (χ0n) is 13.5. The highest BCUT2D eigenvalue weighted by molar-refractivity contribution is 5.96. The summed E-state index contributed by atoms with van der Waals surface area (Å²) in [5.74, 6) is 0.887. The van der Waals surface area contributed by atoms with Gasteiger partial charge in [0.25, 0.3) is 0 Å². The maximum Gasteiger partial charge on any atom is 0.331 e. The van der Waals surface area contributed by atoms with Crippen molar-refractivity contribution in [3.05, 3.63) is 65.7 Å². The highest BCUT2D eigenvalue weighted by atomic mass is 16.5. The molecule has 0 N–H and O–H groups in total. The van der Waals surface area contributed by atoms with Crippen molar-refractivity contribution in [2.75, 3.05) is 20.8 Å². The first-order valence-electron chi connectivity index (χ1n) is 7.35. The summed E-state index contributed by atoms with van der Waals surface area (Å²) in [6, 6.07) is 15.3. The Labute approximate surface area is 136 Å². The molecule has 0 amide bonds. The molecule has 120 valence electrons. The maximum absolute atomic E-state index is 11.7. The van der Waals surface area contributed by atoms with Gasteiger partial charge >= 0.3 is 5.97 Å². The lowest BCUT2D eigenvalue weighted by Crippen LogP contribution is -2.00. The minimum atomic E-state index is -0.405. The second-order valence-electron chi connectivity index (χ2n) is 4.75. The summed E-state index contributed by atoms with van der Waals surface area (Å²) in [6.45, 7) is 2.44. The molecule has 0 aliphatic carbocycles. The van der Waals surface area contributed by atoms with Gasteiger partial charge in [-0.15, -0.1) is 0 Å². The van der Waals surface area contributed by atoms with Crippen LogP contribution in [0.25, 0.3) is 5.57 Å². The molecule has 4 nitrogen and oxygen atoms in total. The van der Waals surface area contributed by atoms with E-state index in [0.29, 0.717) is 18.1 Å². The fraction of sp³-hybridized carbons (Fsp3) is 0.211. The van der Waals surface area contributed by atoms with Crippen LogP contribution in [0, 0.1) is 0 Å². The molecule has 0 aliphatic heterocycles. The van der Waals surface area contributed by atoms with Gasteiger partial charge < -0.3 is 14.2 Å². The fourth-order valence-electron chi connectivity index (χ4n) is 2.24. The number of carbonyl (C=O) groups excluding carboxylic acids is 1. The molecule has 0 aromatic heterocycles. The van der Waals surface area contributed by atoms with E-state index in [1.807, 2.05) is 55.5 Å². The number of carbonyl (C=O) groups is 1. The van der Waals surface area contributed by atoms with Crippen molar-refractivity contribution in [2.24, 2.45) is 0 Å². The Balaban J connectivity index is 2.54. The first-order valence-corrected chi connectivity index (χ1v) is 7.35. The van der Waals surface area contributed by atoms with E-state index in [4.69, 9.17) is 14.2 Å². The molecule has 4 heteroatoms. The summed E-state index contributed by atoms with van der Waals surface area (Å²) in [6.07, 6.45) is 1.48. The van der Waals surface area contributed by atoms with Crippen molar-refractivity contribution in [2.45, 2.75) is 6.92 Å². The molecule has 0 radical (unpaired) electrons. The Bertz CT molecular complexity index is 690. The topological polar surface area (TPSA) is 44.8 Å². The average molecular weight is 312 g/mol. The van der Waals surface area contributed by atoms with E-state index in [0.717, 1.165) is 16.7 Å². The number of esters is 1. The largest absolute Gasteiger partial charge is 0.493 e. The maximum atomic E-state index is 11.7. The summed E-state index contributed by atoms with van der Waals surface area (Å²) in [4.78, 5) is 11.7. The molecular weight excluding hydrogens is 292 g/mol. The molecule has 0 unspecified atom stereocenters. The molecule has 0 fully saturated rings. The van der Waals surface area contributed by atoms with Crippen LogP contribution in [0.1, 0.15) is 18.1 Å². The average Bonchev–Trinajstić information content (AvgIpc) is 2.60. The van der Waals surface area contributed by atoms with Crippen LogP contribution >= 0.6 is 0 Å². The lowest BCUT2D eigenvalue weighted by atomic mass is 9.97. The van der Waals surface area contributed by atoms with Gasteiger partial charge in [-0.3, -0.25) is 0 Å². The van der Waals surface area contributed by atoms with Crippen LogP contribution in [0.3, 0.4) is 0 Å². The van der Waals surface area contributed by atoms with E-state index in [9.17, 15) is 4.79 Å². The molecule has 23 heavy (non-hydrogen) atoms. The Hall–Kier alpha value is -2.75. The predicted molar refractivity (Wildman–Crippen MR) is 89.7 cm³/mol. The molecule has 0 spiro atoms. The van der Waals surface area contributed by atoms with Crippen LogP contribution in [-0.4, -0.2) is 26.8 Å². The smallest absolute Gasteiger partial charge is 0.331 e. The second kappa shape index (κ2) is 8.03. The van der Waals surface area contributed by atoms with Gasteiger partial charge in [-0.05, 0) is 35.8 Å². The normalized spacial score (nSPS) is 11.0. The molecule has 0 aliphatic rings. The van der Waals surface area contributed by atoms with E-state index >= 15 is 0 Å². The standard InChI is InChI=1S/C19H20O4/c1-4-23-18-12-15(10-11-17(18)21-2)16(13-19(20)22-3)14-8-6-5-7-9-14/h5-13H,4H2,1-3H3/b16-13+. The van der Waals surface area contributed by atoms with Gasteiger partial charge in [-0.2, -0.15) is 0 Å². The Morgan fingerprint density at radius 3 is 2.35 bits per heavy atom. The van der Waals surface area contributed by atoms with Gasteiger partial charge in [0.2, 0.25) is 0 Å². The van der Waals surface area contributed by atoms with Crippen molar-refractivity contribution in [1.82, 2.24) is 0 Å². The molecule has 2 aromatic rings. The van der Waals surface area contributed by atoms with Crippen LogP contribution in [0.15, 0.2) is 54.6 Å². The van der Waals surface area contributed by atoms with Gasteiger partial charge in [-0.1, -0.05) is 36.4 Å². The van der Waals surface area contributed by atoms with Crippen LogP contribution < -0.4 is 9.47 Å². The van der Waals surface area contributed by atoms with E-state index in [-0.39, 0.29) is 0 Å². The third-order valence-electron chi connectivity index (χ3n) is 3.32. The van der Waals surface area contributed by atoms with Gasteiger partial charge in [0.1, 0.15) is 0 Å². The lowest BCUT2D eigenvalue weighted by Gasteiger charge is -2.13. The Morgan fingerprint density at radius 1 is 1.00 bits per heavy atom. The molecule has 0 saturated carbocycles. The van der Waals surface area contributed by atoms with Gasteiger partial charge in [0, 0.05) is 6.08 Å². The third kappa shape index (κ3) is 4.13. The van der Waals surface area contributed by atoms with E-state index in [1.54, 1.807) is 7.11 Å². The molecule has 0 heterocycles. The first-order chi connectivity index (χ1) is 11.2. The molecule has 0 atom stereocenters. The Morgan fingerprint density at radius 2 is 1.74 bits per heavy atom. The van der Waals surface area contributed by atoms with Crippen LogP contribution in [0.5, 0.6) is 11.5 Å². The fourth-order valence-corrected chi connectivity index (χ4v) is 2.24. The zero-order valence-corrected chi connectivity index (χ0v) is 13.5. The second-order valence-corrected chi connectivity index (χ2v) is 4.75. The monoisotopic (exact) mass is 312 g/mol. The molecular formula is C19H20O4. The summed E-state index contributed by atoms with van der Waals surface area (Å²) in [5, 5.41) is 0. The highest BCUT2D eigenvalue weighted by Crippen LogP contribution is 2.33. The van der Waals surface area contributed by atoms with E-state index < -0.39 is 5.97 Å². The first kappa shape index (κ1) is 16.6. The zero-order chi connectivity index (χ0) is 16.7. The number of ether oxygens (including phenoxy) is 3. The molecule has 0 saturated heterocycles. The third-order valence-corrected chi connectivity index (χ3v) is 3.32. The van der Waals surface area contributed by atoms with Crippen molar-refractivity contribution < 1.29 is 19.0 Å². The van der Waals surface area contributed by atoms with Gasteiger partial charge in [0.15, 0.2) is 11.5 Å². The minimum absolute atomic E-state index is 0.405. The summed E-state index contributed by atoms with van der Waals surface area (Å²) >= 11 is 0. The van der Waals surface area contributed by atoms with Crippen molar-refractivity contribution in [3.8, 4) is 11.5 Å². The van der Waals surface area contributed by atoms with Crippen molar-refractivity contribution in [3.63, 3.8) is 0 Å². The number of rotatable bonds is 6. The number of hydrogen-bond donors (Lipinski definition) is 0. The number of methoxy groups -OCH3 is 2. The SMILES string of the molecule is CCOc1cc(/C(=C/C(=O)OC)c2ccccc2)ccc1OC. The van der Waals surface area contributed by atoms with Crippen LogP contribution in [0.2, 0.25) is 0 Å². The summed E-state index contributed by atoms with van der Waals surface area (Å²) in [7, 11) is 2.96. The van der Waals surface area contributed by atoms with Gasteiger partial charge in [-0.25, -0.2) is 4.79 Å². The summed E-state index contributed by atoms with van der Waals surface area (Å²) < 4.78 is 15.7. The molecule has 2 aromatic carbocycles. The number of hydrogen-bond acceptors (Lipinski definition) is 4. The van der Waals surface area contributed by atoms with E-state index in [2.05, 4.69) is 0 Å². The summed E-state index contributed by atoms with van der Waals surface area (Å²) in [5.41, 5.74) is 2.54. The molecule has 2 rings (SSSR count). The van der Waals surface area contributed by atoms with Crippen LogP contribution in [-0.2, 0) is 9.53 Å². The van der Waals surface area contributed by atoms with Crippen molar-refractivity contribution >= 4 is 11.5 Å². The highest BCUT2D eigenvalue weighted by Gasteiger charge is 2.12. The van der Waals surface area contributed by atoms with Crippen LogP contribution in [0.4, 0.5) is 0 Å². The predicted octanol–water partition coefficient (Wildman–Crippen LogP) is 3.70. The van der Waals surface area contributed by atoms with Crippen molar-refractivity contribution in [1.29, 1.82) is 0 Å². The molecule has 0 bridgehead atoms. The van der Waals surface area contributed by atoms with E-state index in [1.165, 1.54) is 13.2 Å². The number of benzene rings is 2.